The van der Waals surface area contributed by atoms with Crippen LogP contribution in [0.2, 0.25) is 10.0 Å². The number of fused-ring (bicyclic) bond motifs is 8. The predicted octanol–water partition coefficient (Wildman–Crippen LogP) is 5.05. The van der Waals surface area contributed by atoms with Crippen molar-refractivity contribution in [2.75, 3.05) is 0 Å². The number of aromatic nitrogens is 2. The fourth-order valence-corrected chi connectivity index (χ4v) is 7.85. The van der Waals surface area contributed by atoms with Crippen LogP contribution in [0.5, 0.6) is 23.0 Å². The molecule has 0 aliphatic heterocycles. The Balaban J connectivity index is 0.00000481. The monoisotopic (exact) mass is 855 g/mol. The van der Waals surface area contributed by atoms with Crippen molar-refractivity contribution in [3.63, 3.8) is 0 Å². The Labute approximate surface area is 329 Å². The van der Waals surface area contributed by atoms with Crippen molar-refractivity contribution in [2.24, 2.45) is 0 Å². The Bertz CT molecular complexity index is 3010. The van der Waals surface area contributed by atoms with Crippen molar-refractivity contribution in [3.8, 4) is 23.0 Å². The molecule has 0 saturated carbocycles. The van der Waals surface area contributed by atoms with Gasteiger partial charge in [-0.25, -0.2) is 9.97 Å². The Hall–Kier alpha value is -3.62. The van der Waals surface area contributed by atoms with Crippen LogP contribution < -0.4 is 16.7 Å². The summed E-state index contributed by atoms with van der Waals surface area (Å²) in [7, 11) is -21.2. The van der Waals surface area contributed by atoms with Gasteiger partial charge in [-0.05, 0) is 12.1 Å². The summed E-state index contributed by atoms with van der Waals surface area (Å²) >= 11 is 13.3. The van der Waals surface area contributed by atoms with Gasteiger partial charge < -0.3 is 16.7 Å². The summed E-state index contributed by atoms with van der Waals surface area (Å²) in [5.74, 6) is -2.47. The first-order valence-corrected chi connectivity index (χ1v) is 19.8. The van der Waals surface area contributed by atoms with Crippen LogP contribution >= 0.6 is 23.2 Å². The summed E-state index contributed by atoms with van der Waals surface area (Å²) in [6.07, 6.45) is 0. The molecule has 53 heavy (non-hydrogen) atoms. The average Bonchev–Trinajstić information content (AvgIpc) is 3.01. The topological polar surface area (TPSA) is 280 Å². The molecule has 1 aromatic heterocycles. The van der Waals surface area contributed by atoms with Crippen molar-refractivity contribution in [1.82, 2.24) is 9.97 Å². The molecule has 0 aliphatic rings. The molecule has 6 aromatic carbocycles. The van der Waals surface area contributed by atoms with E-state index in [1.165, 1.54) is 48.5 Å². The van der Waals surface area contributed by atoms with Crippen LogP contribution in [0.1, 0.15) is 0 Å². The molecule has 0 atom stereocenters. The Kier molecular flexibility index (Phi) is 9.80. The minimum atomic E-state index is -5.33. The number of halogens is 2. The second-order valence-corrected chi connectivity index (χ2v) is 15.5. The number of benzene rings is 6. The van der Waals surface area contributed by atoms with Crippen LogP contribution in [0.15, 0.2) is 60.7 Å². The third-order valence-corrected chi connectivity index (χ3v) is 9.52. The van der Waals surface area contributed by atoms with E-state index < -0.39 is 86.4 Å². The van der Waals surface area contributed by atoms with Crippen LogP contribution in [-0.4, -0.2) is 91.4 Å². The maximum absolute atomic E-state index is 12.1. The summed E-state index contributed by atoms with van der Waals surface area (Å²) in [6.45, 7) is 0. The third-order valence-electron chi connectivity index (χ3n) is 7.43. The van der Waals surface area contributed by atoms with Crippen LogP contribution in [-0.2, 0) is 41.6 Å². The summed E-state index contributed by atoms with van der Waals surface area (Å²) in [6, 6.07) is 12.7. The molecule has 0 fully saturated rings. The Morgan fingerprint density at radius 1 is 0.434 bits per heavy atom. The fourth-order valence-electron chi connectivity index (χ4n) is 5.82. The van der Waals surface area contributed by atoms with Gasteiger partial charge >= 0.3 is 41.6 Å². The van der Waals surface area contributed by atoms with Crippen LogP contribution in [0.3, 0.4) is 0 Å². The van der Waals surface area contributed by atoms with Gasteiger partial charge in [0.05, 0.1) is 20.8 Å². The van der Waals surface area contributed by atoms with Gasteiger partial charge in [0.15, 0.2) is 23.0 Å². The number of hydrogen-bond donors (Lipinski definition) is 4. The van der Waals surface area contributed by atoms with Crippen LogP contribution in [0, 0.1) is 0 Å². The number of hydrogen-bond acceptors (Lipinski definition) is 14. The normalized spacial score (nSPS) is 12.8. The molecule has 0 bridgehead atoms. The van der Waals surface area contributed by atoms with E-state index in [4.69, 9.17) is 39.9 Å². The molecular formula is C28H14Cl2N2NaO16S4. The fraction of sp³-hybridized carbons (Fsp3) is 0. The van der Waals surface area contributed by atoms with Gasteiger partial charge in [-0.1, -0.05) is 71.7 Å². The van der Waals surface area contributed by atoms with E-state index in [2.05, 4.69) is 9.97 Å². The largest absolute Gasteiger partial charge is 0.446 e. The summed E-state index contributed by atoms with van der Waals surface area (Å²) in [5.41, 5.74) is -1.51. The zero-order valence-corrected chi connectivity index (χ0v) is 32.5. The summed E-state index contributed by atoms with van der Waals surface area (Å²) < 4.78 is 155. The van der Waals surface area contributed by atoms with Gasteiger partial charge in [0.2, 0.25) is 0 Å². The van der Waals surface area contributed by atoms with E-state index >= 15 is 0 Å². The van der Waals surface area contributed by atoms with E-state index in [-0.39, 0.29) is 83.0 Å². The molecule has 7 rings (SSSR count). The molecule has 0 spiro atoms. The van der Waals surface area contributed by atoms with Crippen molar-refractivity contribution in [2.45, 2.75) is 0 Å². The molecule has 7 aromatic rings. The van der Waals surface area contributed by atoms with Gasteiger partial charge in [-0.15, -0.1) is 0 Å². The van der Waals surface area contributed by atoms with E-state index in [1.54, 1.807) is 0 Å². The second-order valence-electron chi connectivity index (χ2n) is 10.6. The second kappa shape index (κ2) is 13.3. The predicted molar refractivity (Wildman–Crippen MR) is 192 cm³/mol. The molecule has 18 nitrogen and oxygen atoms in total. The maximum atomic E-state index is 12.1. The quantitative estimate of drug-likeness (QED) is 0.0673. The van der Waals surface area contributed by atoms with E-state index in [1.807, 2.05) is 0 Å². The molecule has 25 heteroatoms. The smallest absolute Gasteiger partial charge is 0.360 e. The van der Waals surface area contributed by atoms with Crippen molar-refractivity contribution in [3.05, 3.63) is 70.7 Å². The average molecular weight is 857 g/mol. The molecule has 4 N–H and O–H groups in total. The maximum Gasteiger partial charge on any atom is 0.446 e. The standard InChI is InChI=1S/C28H14Cl2N2O16S4.Na/c29-17-9-15-19(27(47-51(39,40)41)13-7-3-1-5-11(13)25(15)45-49(33,34)35)23-21(17)32-24-20-16(10-18(30)22(24)31-23)26(46-50(36,37)38)12-6-2-4-8-14(12)28(20)48-52(42,43)44;/h1-10H,(H,33,34,35)(H,36,37,38)(H,39,40,41)(H,42,43,44);. The molecule has 1 heterocycles. The van der Waals surface area contributed by atoms with Gasteiger partial charge in [0.1, 0.15) is 22.1 Å². The first-order valence-electron chi connectivity index (χ1n) is 13.6. The Morgan fingerprint density at radius 2 is 0.698 bits per heavy atom. The van der Waals surface area contributed by atoms with Gasteiger partial charge in [0, 0.05) is 61.9 Å². The molecule has 1 radical (unpaired) electrons. The molecule has 271 valence electrons. The van der Waals surface area contributed by atoms with Crippen molar-refractivity contribution in [1.29, 1.82) is 0 Å². The minimum absolute atomic E-state index is 0. The van der Waals surface area contributed by atoms with Gasteiger partial charge in [-0.3, -0.25) is 18.2 Å². The first-order chi connectivity index (χ1) is 24.1. The number of rotatable bonds is 8. The third kappa shape index (κ3) is 7.43. The molecule has 0 saturated heterocycles. The molecular weight excluding hydrogens is 842 g/mol. The van der Waals surface area contributed by atoms with Crippen molar-refractivity contribution < 1.29 is 68.6 Å². The molecule has 0 aliphatic carbocycles. The van der Waals surface area contributed by atoms with E-state index in [9.17, 15) is 51.9 Å². The summed E-state index contributed by atoms with van der Waals surface area (Å²) in [4.78, 5) is 8.99. The summed E-state index contributed by atoms with van der Waals surface area (Å²) in [5, 5.41) is -2.93. The van der Waals surface area contributed by atoms with E-state index in [0.29, 0.717) is 0 Å². The Morgan fingerprint density at radius 3 is 0.981 bits per heavy atom. The molecule has 0 unspecified atom stereocenters. The molecule has 0 amide bonds. The minimum Gasteiger partial charge on any atom is -0.360 e. The van der Waals surface area contributed by atoms with Gasteiger partial charge in [-0.2, -0.15) is 33.7 Å². The number of nitrogens with zero attached hydrogens (tertiary/aromatic N) is 2. The van der Waals surface area contributed by atoms with Crippen molar-refractivity contribution >= 4 is 160 Å². The van der Waals surface area contributed by atoms with Gasteiger partial charge in [0.25, 0.3) is 0 Å². The van der Waals surface area contributed by atoms with Crippen LogP contribution in [0.4, 0.5) is 0 Å². The van der Waals surface area contributed by atoms with Crippen LogP contribution in [0.25, 0.3) is 65.2 Å². The zero-order chi connectivity index (χ0) is 37.7. The SMILES string of the molecule is O=S(=O)(O)Oc1c2ccccc2c(OS(=O)(=O)O)c2c1cc(Cl)c1nc3c(nc12)c(Cl)cc1c(OS(=O)(=O)O)c2ccccc2c(OS(=O)(=O)O)c13.[Na]. The zero-order valence-electron chi connectivity index (χ0n) is 25.7. The first kappa shape index (κ1) is 39.1. The van der Waals surface area contributed by atoms with E-state index in [0.717, 1.165) is 12.1 Å².